The highest BCUT2D eigenvalue weighted by Crippen LogP contribution is 2.34. The molecule has 7 heteroatoms. The molecule has 0 aliphatic carbocycles. The highest BCUT2D eigenvalue weighted by atomic mass is 16.5. The fraction of sp³-hybridized carbons (Fsp3) is 0.682. The largest absolute Gasteiger partial charge is 0.496 e. The smallest absolute Gasteiger partial charge is 0.191 e. The number of rotatable bonds is 8. The zero-order chi connectivity index (χ0) is 20.6. The lowest BCUT2D eigenvalue weighted by Gasteiger charge is -2.33. The Morgan fingerprint density at radius 2 is 2.07 bits per heavy atom. The highest BCUT2D eigenvalue weighted by molar-refractivity contribution is 5.80. The van der Waals surface area contributed by atoms with Crippen LogP contribution < -0.4 is 20.1 Å². The molecule has 0 bridgehead atoms. The number of benzene rings is 1. The maximum atomic E-state index is 5.91. The third-order valence-corrected chi connectivity index (χ3v) is 5.72. The summed E-state index contributed by atoms with van der Waals surface area (Å²) in [6.07, 6.45) is 4.52. The van der Waals surface area contributed by atoms with Crippen molar-refractivity contribution < 1.29 is 14.2 Å². The second-order valence-electron chi connectivity index (χ2n) is 7.94. The number of fused-ring (bicyclic) bond motifs is 1. The van der Waals surface area contributed by atoms with Crippen LogP contribution in [0.3, 0.4) is 0 Å². The molecule has 1 atom stereocenters. The maximum Gasteiger partial charge on any atom is 0.191 e. The first-order valence-corrected chi connectivity index (χ1v) is 10.7. The van der Waals surface area contributed by atoms with Crippen LogP contribution in [0.5, 0.6) is 11.5 Å². The minimum absolute atomic E-state index is 0.229. The molecule has 162 valence electrons. The van der Waals surface area contributed by atoms with Crippen molar-refractivity contribution >= 4 is 5.96 Å². The molecule has 0 aromatic heterocycles. The number of likely N-dealkylation sites (tertiary alicyclic amines) is 1. The van der Waals surface area contributed by atoms with Crippen LogP contribution >= 0.6 is 0 Å². The molecule has 1 fully saturated rings. The quantitative estimate of drug-likeness (QED) is 0.393. The molecule has 1 aromatic rings. The van der Waals surface area contributed by atoms with Gasteiger partial charge in [0.15, 0.2) is 5.96 Å². The predicted octanol–water partition coefficient (Wildman–Crippen LogP) is 2.18. The molecule has 2 N–H and O–H groups in total. The van der Waals surface area contributed by atoms with E-state index in [9.17, 15) is 0 Å². The van der Waals surface area contributed by atoms with Gasteiger partial charge in [-0.3, -0.25) is 4.99 Å². The summed E-state index contributed by atoms with van der Waals surface area (Å²) in [6, 6.07) is 4.65. The van der Waals surface area contributed by atoms with Crippen molar-refractivity contribution in [3.8, 4) is 11.5 Å². The molecule has 1 unspecified atom stereocenters. The molecule has 0 amide bonds. The number of hydrogen-bond acceptors (Lipinski definition) is 5. The molecular weight excluding hydrogens is 368 g/mol. The van der Waals surface area contributed by atoms with Crippen LogP contribution in [0.25, 0.3) is 0 Å². The number of methoxy groups -OCH3 is 2. The molecule has 0 radical (unpaired) electrons. The van der Waals surface area contributed by atoms with Crippen LogP contribution in [0.2, 0.25) is 0 Å². The van der Waals surface area contributed by atoms with Crippen molar-refractivity contribution in [1.29, 1.82) is 0 Å². The number of guanidine groups is 1. The van der Waals surface area contributed by atoms with E-state index in [1.807, 2.05) is 7.05 Å². The van der Waals surface area contributed by atoms with E-state index in [1.54, 1.807) is 14.2 Å². The van der Waals surface area contributed by atoms with Crippen molar-refractivity contribution in [2.75, 3.05) is 47.5 Å². The number of ether oxygens (including phenoxy) is 3. The van der Waals surface area contributed by atoms with Crippen molar-refractivity contribution in [2.24, 2.45) is 4.99 Å². The fourth-order valence-electron chi connectivity index (χ4n) is 4.11. The number of nitrogens with zero attached hydrogens (tertiary/aromatic N) is 2. The van der Waals surface area contributed by atoms with Crippen LogP contribution in [-0.2, 0) is 17.7 Å². The average Bonchev–Trinajstić information content (AvgIpc) is 3.10. The van der Waals surface area contributed by atoms with Crippen LogP contribution in [0.1, 0.15) is 37.3 Å². The Morgan fingerprint density at radius 1 is 1.28 bits per heavy atom. The van der Waals surface area contributed by atoms with Crippen LogP contribution in [0.15, 0.2) is 17.1 Å². The minimum atomic E-state index is 0.229. The lowest BCUT2D eigenvalue weighted by molar-refractivity contribution is 0.155. The molecule has 3 rings (SSSR count). The molecule has 29 heavy (non-hydrogen) atoms. The molecule has 2 heterocycles. The van der Waals surface area contributed by atoms with Crippen molar-refractivity contribution in [3.63, 3.8) is 0 Å². The minimum Gasteiger partial charge on any atom is -0.496 e. The SMILES string of the molecule is CN=C(NCc1cc2c(cc1OC)CC(C)O2)NC1CCN(CCCOC)CC1. The maximum absolute atomic E-state index is 5.91. The lowest BCUT2D eigenvalue weighted by Crippen LogP contribution is -2.48. The monoisotopic (exact) mass is 404 g/mol. The van der Waals surface area contributed by atoms with Crippen molar-refractivity contribution in [3.05, 3.63) is 23.3 Å². The van der Waals surface area contributed by atoms with E-state index < -0.39 is 0 Å². The van der Waals surface area contributed by atoms with E-state index in [1.165, 1.54) is 5.56 Å². The molecular formula is C22H36N4O3. The van der Waals surface area contributed by atoms with Crippen molar-refractivity contribution in [1.82, 2.24) is 15.5 Å². The molecule has 1 saturated heterocycles. The Kier molecular flexibility index (Phi) is 8.00. The van der Waals surface area contributed by atoms with Crippen LogP contribution in [-0.4, -0.2) is 70.5 Å². The molecule has 1 aromatic carbocycles. The van der Waals surface area contributed by atoms with Gasteiger partial charge in [-0.1, -0.05) is 0 Å². The Hall–Kier alpha value is -1.99. The zero-order valence-corrected chi connectivity index (χ0v) is 18.3. The predicted molar refractivity (Wildman–Crippen MR) is 116 cm³/mol. The number of piperidine rings is 1. The van der Waals surface area contributed by atoms with Gasteiger partial charge in [0.25, 0.3) is 0 Å². The van der Waals surface area contributed by atoms with Crippen molar-refractivity contribution in [2.45, 2.75) is 51.3 Å². The first-order chi connectivity index (χ1) is 14.1. The highest BCUT2D eigenvalue weighted by Gasteiger charge is 2.22. The van der Waals surface area contributed by atoms with E-state index in [0.717, 1.165) is 74.9 Å². The fourth-order valence-corrected chi connectivity index (χ4v) is 4.11. The number of aliphatic imine (C=N–C) groups is 1. The zero-order valence-electron chi connectivity index (χ0n) is 18.3. The first-order valence-electron chi connectivity index (χ1n) is 10.7. The lowest BCUT2D eigenvalue weighted by atomic mass is 10.0. The van der Waals surface area contributed by atoms with Gasteiger partial charge < -0.3 is 29.7 Å². The third-order valence-electron chi connectivity index (χ3n) is 5.72. The number of nitrogens with one attached hydrogen (secondary N) is 2. The Bertz CT molecular complexity index is 687. The summed E-state index contributed by atoms with van der Waals surface area (Å²) >= 11 is 0. The first kappa shape index (κ1) is 21.7. The molecule has 2 aliphatic rings. The Balaban J connectivity index is 1.49. The van der Waals surface area contributed by atoms with Gasteiger partial charge in [-0.05, 0) is 38.3 Å². The van der Waals surface area contributed by atoms with Gasteiger partial charge in [0.1, 0.15) is 17.6 Å². The van der Waals surface area contributed by atoms with E-state index in [2.05, 4.69) is 39.6 Å². The van der Waals surface area contributed by atoms with E-state index >= 15 is 0 Å². The van der Waals surface area contributed by atoms with Gasteiger partial charge in [-0.15, -0.1) is 0 Å². The van der Waals surface area contributed by atoms with E-state index in [4.69, 9.17) is 14.2 Å². The van der Waals surface area contributed by atoms with Crippen LogP contribution in [0.4, 0.5) is 0 Å². The normalized spacial score (nSPS) is 20.3. The summed E-state index contributed by atoms with van der Waals surface area (Å²) in [5.74, 6) is 2.70. The number of hydrogen-bond donors (Lipinski definition) is 2. The van der Waals surface area contributed by atoms with Gasteiger partial charge >= 0.3 is 0 Å². The molecule has 0 saturated carbocycles. The standard InChI is InChI=1S/C22H36N4O3/c1-16-12-17-13-20(28-4)18(14-21(17)29-16)15-24-22(23-2)25-19-6-9-26(10-7-19)8-5-11-27-3/h13-14,16,19H,5-12,15H2,1-4H3,(H2,23,24,25). The van der Waals surface area contributed by atoms with Gasteiger partial charge in [0.2, 0.25) is 0 Å². The topological polar surface area (TPSA) is 67.4 Å². The van der Waals surface area contributed by atoms with Gasteiger partial charge in [-0.2, -0.15) is 0 Å². The summed E-state index contributed by atoms with van der Waals surface area (Å²) in [6.45, 7) is 6.93. The summed E-state index contributed by atoms with van der Waals surface area (Å²) < 4.78 is 16.7. The Labute approximate surface area is 174 Å². The van der Waals surface area contributed by atoms with Crippen LogP contribution in [0, 0.1) is 0 Å². The summed E-state index contributed by atoms with van der Waals surface area (Å²) in [5, 5.41) is 7.01. The summed E-state index contributed by atoms with van der Waals surface area (Å²) in [4.78, 5) is 6.93. The average molecular weight is 405 g/mol. The summed E-state index contributed by atoms with van der Waals surface area (Å²) in [7, 11) is 5.30. The summed E-state index contributed by atoms with van der Waals surface area (Å²) in [5.41, 5.74) is 2.30. The van der Waals surface area contributed by atoms with E-state index in [-0.39, 0.29) is 6.10 Å². The van der Waals surface area contributed by atoms with Gasteiger partial charge in [0, 0.05) is 70.5 Å². The van der Waals surface area contributed by atoms with Gasteiger partial charge in [-0.25, -0.2) is 0 Å². The molecule has 0 spiro atoms. The second-order valence-corrected chi connectivity index (χ2v) is 7.94. The van der Waals surface area contributed by atoms with E-state index in [0.29, 0.717) is 12.6 Å². The second kappa shape index (κ2) is 10.7. The Morgan fingerprint density at radius 3 is 2.76 bits per heavy atom. The molecule has 2 aliphatic heterocycles. The molecule has 7 nitrogen and oxygen atoms in total. The van der Waals surface area contributed by atoms with Gasteiger partial charge in [0.05, 0.1) is 7.11 Å². The third kappa shape index (κ3) is 6.00.